The van der Waals surface area contributed by atoms with Gasteiger partial charge in [-0.15, -0.1) is 0 Å². The van der Waals surface area contributed by atoms with Crippen molar-refractivity contribution in [3.05, 3.63) is 77.1 Å². The Morgan fingerprint density at radius 3 is 2.50 bits per heavy atom. The number of nitrogens with zero attached hydrogens (tertiary/aromatic N) is 5. The maximum absolute atomic E-state index is 14.9. The molecule has 2 fully saturated rings. The van der Waals surface area contributed by atoms with Crippen molar-refractivity contribution in [3.63, 3.8) is 0 Å². The first-order valence-electron chi connectivity index (χ1n) is 14.1. The molecule has 4 heterocycles. The van der Waals surface area contributed by atoms with E-state index in [-0.39, 0.29) is 54.0 Å². The van der Waals surface area contributed by atoms with Gasteiger partial charge in [0.1, 0.15) is 17.1 Å². The van der Waals surface area contributed by atoms with Gasteiger partial charge in [-0.3, -0.25) is 9.48 Å². The summed E-state index contributed by atoms with van der Waals surface area (Å²) in [7, 11) is -3.04. The molecule has 2 aliphatic rings. The Kier molecular flexibility index (Phi) is 7.54. The van der Waals surface area contributed by atoms with E-state index >= 15 is 0 Å². The molecule has 232 valence electrons. The molecule has 4 aromatic rings. The number of aromatic nitrogens is 5. The molecule has 6 rings (SSSR count). The maximum Gasteiger partial charge on any atom is 0.401 e. The van der Waals surface area contributed by atoms with Crippen LogP contribution in [0.5, 0.6) is 0 Å². The number of benzene rings is 1. The fraction of sp³-hybridized carbons (Fsp3) is 0.414. The Bertz CT molecular complexity index is 1810. The first-order chi connectivity index (χ1) is 20.9. The zero-order valence-electron chi connectivity index (χ0n) is 23.6. The van der Waals surface area contributed by atoms with Crippen LogP contribution in [-0.2, 0) is 39.3 Å². The summed E-state index contributed by atoms with van der Waals surface area (Å²) in [5.74, 6) is -1.07. The van der Waals surface area contributed by atoms with Crippen molar-refractivity contribution in [1.82, 2.24) is 24.9 Å². The molecule has 1 aliphatic carbocycles. The van der Waals surface area contributed by atoms with Crippen LogP contribution in [0.15, 0.2) is 47.4 Å². The Morgan fingerprint density at radius 1 is 1.14 bits per heavy atom. The highest BCUT2D eigenvalue weighted by atomic mass is 32.2. The predicted octanol–water partition coefficient (Wildman–Crippen LogP) is 4.76. The number of anilines is 1. The Balaban J connectivity index is 1.08. The lowest BCUT2D eigenvalue weighted by Crippen LogP contribution is -2.28. The number of halogens is 4. The van der Waals surface area contributed by atoms with Crippen LogP contribution in [0.25, 0.3) is 11.1 Å². The van der Waals surface area contributed by atoms with Crippen molar-refractivity contribution in [2.24, 2.45) is 0 Å². The Labute approximate surface area is 249 Å². The highest BCUT2D eigenvalue weighted by Gasteiger charge is 2.66. The summed E-state index contributed by atoms with van der Waals surface area (Å²) < 4.78 is 85.2. The van der Waals surface area contributed by atoms with E-state index in [1.165, 1.54) is 12.1 Å². The topological polar surface area (TPSA) is 133 Å². The second-order valence-electron chi connectivity index (χ2n) is 11.2. The molecule has 1 aromatic carbocycles. The minimum atomic E-state index is -4.48. The number of alkyl halides is 3. The van der Waals surface area contributed by atoms with Gasteiger partial charge in [-0.1, -0.05) is 24.2 Å². The number of amides is 1. The van der Waals surface area contributed by atoms with E-state index in [0.717, 1.165) is 17.3 Å². The Hall–Kier alpha value is -4.14. The summed E-state index contributed by atoms with van der Waals surface area (Å²) in [5.41, 5.74) is 0.830. The number of carbonyl (C=O) groups excluding carboxylic acids is 1. The fourth-order valence-corrected chi connectivity index (χ4v) is 7.14. The summed E-state index contributed by atoms with van der Waals surface area (Å²) in [6, 6.07) is 5.19. The lowest BCUT2D eigenvalue weighted by atomic mass is 10.0. The highest BCUT2D eigenvalue weighted by Crippen LogP contribution is 2.59. The first kappa shape index (κ1) is 29.9. The van der Waals surface area contributed by atoms with Crippen LogP contribution in [0.4, 0.5) is 23.4 Å². The second kappa shape index (κ2) is 11.1. The third-order valence-corrected chi connectivity index (χ3v) is 9.90. The molecule has 0 radical (unpaired) electrons. The van der Waals surface area contributed by atoms with Crippen molar-refractivity contribution >= 4 is 21.6 Å². The van der Waals surface area contributed by atoms with E-state index < -0.39 is 33.2 Å². The third kappa shape index (κ3) is 5.97. The lowest BCUT2D eigenvalue weighted by molar-refractivity contribution is -0.165. The lowest BCUT2D eigenvalue weighted by Gasteiger charge is -2.14. The number of sulfone groups is 1. The van der Waals surface area contributed by atoms with Crippen LogP contribution < -0.4 is 5.32 Å². The molecule has 3 aromatic heterocycles. The minimum absolute atomic E-state index is 0.0802. The van der Waals surface area contributed by atoms with Crippen molar-refractivity contribution in [3.8, 4) is 11.1 Å². The van der Waals surface area contributed by atoms with Gasteiger partial charge in [-0.2, -0.15) is 18.3 Å². The molecule has 1 saturated heterocycles. The molecule has 0 spiro atoms. The van der Waals surface area contributed by atoms with E-state index in [0.29, 0.717) is 36.2 Å². The normalized spacial score (nSPS) is 18.8. The number of hydrogen-bond acceptors (Lipinski definition) is 8. The maximum atomic E-state index is 14.9. The van der Waals surface area contributed by atoms with Crippen molar-refractivity contribution in [2.75, 3.05) is 16.8 Å². The number of aryl methyl sites for hydroxylation is 1. The van der Waals surface area contributed by atoms with Crippen LogP contribution in [0, 0.1) is 5.82 Å². The quantitative estimate of drug-likeness (QED) is 0.262. The van der Waals surface area contributed by atoms with E-state index in [9.17, 15) is 30.8 Å². The van der Waals surface area contributed by atoms with Crippen molar-refractivity contribution in [1.29, 1.82) is 0 Å². The summed E-state index contributed by atoms with van der Waals surface area (Å²) in [4.78, 5) is 21.3. The van der Waals surface area contributed by atoms with Crippen molar-refractivity contribution in [2.45, 2.75) is 63.1 Å². The van der Waals surface area contributed by atoms with E-state index in [4.69, 9.17) is 4.52 Å². The molecular weight excluding hydrogens is 604 g/mol. The predicted molar refractivity (Wildman–Crippen MR) is 150 cm³/mol. The van der Waals surface area contributed by atoms with Gasteiger partial charge in [0.15, 0.2) is 21.4 Å². The van der Waals surface area contributed by atoms with Gasteiger partial charge in [-0.25, -0.2) is 22.8 Å². The smallest absolute Gasteiger partial charge is 0.358 e. The zero-order valence-corrected chi connectivity index (χ0v) is 24.4. The molecule has 15 heteroatoms. The molecule has 1 atom stereocenters. The van der Waals surface area contributed by atoms with Gasteiger partial charge in [0.25, 0.3) is 0 Å². The van der Waals surface area contributed by atoms with Gasteiger partial charge < -0.3 is 9.84 Å². The average molecular weight is 633 g/mol. The molecule has 1 aliphatic heterocycles. The molecular formula is C29H28F4N6O4S. The fourth-order valence-electron chi connectivity index (χ4n) is 5.43. The number of rotatable bonds is 9. The molecule has 1 unspecified atom stereocenters. The van der Waals surface area contributed by atoms with Crippen LogP contribution in [-0.4, -0.2) is 56.9 Å². The van der Waals surface area contributed by atoms with Gasteiger partial charge >= 0.3 is 6.18 Å². The summed E-state index contributed by atoms with van der Waals surface area (Å²) >= 11 is 0. The van der Waals surface area contributed by atoms with Crippen LogP contribution in [0.2, 0.25) is 0 Å². The van der Waals surface area contributed by atoms with Crippen LogP contribution in [0.1, 0.15) is 60.6 Å². The molecule has 0 bridgehead atoms. The van der Waals surface area contributed by atoms with E-state index in [1.54, 1.807) is 23.1 Å². The minimum Gasteiger partial charge on any atom is -0.358 e. The van der Waals surface area contributed by atoms with Gasteiger partial charge in [-0.05, 0) is 42.9 Å². The summed E-state index contributed by atoms with van der Waals surface area (Å²) in [6.45, 7) is 1.97. The van der Waals surface area contributed by atoms with Crippen molar-refractivity contribution < 1.29 is 35.3 Å². The zero-order chi connectivity index (χ0) is 31.3. The second-order valence-corrected chi connectivity index (χ2v) is 13.5. The SMILES string of the molecule is CCc1nn(C2CCS(=O)(=O)C2)cc1Cc1ncc(-c2ccc(CC(=O)Nc3cc(C4(C(F)(F)F)CC4)on3)c(F)c2)cn1. The molecule has 10 nitrogen and oxygen atoms in total. The molecule has 1 N–H and O–H groups in total. The monoisotopic (exact) mass is 632 g/mol. The Morgan fingerprint density at radius 2 is 1.89 bits per heavy atom. The average Bonchev–Trinajstić information content (AvgIpc) is 3.30. The van der Waals surface area contributed by atoms with Gasteiger partial charge in [0.05, 0.1) is 29.7 Å². The number of carbonyl (C=O) groups is 1. The molecule has 1 amide bonds. The van der Waals surface area contributed by atoms with Crippen LogP contribution in [0.3, 0.4) is 0 Å². The molecule has 1 saturated carbocycles. The first-order valence-corrected chi connectivity index (χ1v) is 15.9. The van der Waals surface area contributed by atoms with Crippen LogP contribution >= 0.6 is 0 Å². The van der Waals surface area contributed by atoms with E-state index in [1.807, 2.05) is 13.1 Å². The largest absolute Gasteiger partial charge is 0.401 e. The van der Waals surface area contributed by atoms with E-state index in [2.05, 4.69) is 25.5 Å². The summed E-state index contributed by atoms with van der Waals surface area (Å²) in [5, 5.41) is 10.5. The standard InChI is InChI=1S/C29H28F4N6O4S/c1-2-23-19(15-39(37-23)21-5-8-44(41,42)16-21)10-25-34-13-20(14-35-25)17-3-4-18(22(30)9-17)11-27(40)36-26-12-24(43-38-26)28(6-7-28)29(31,32)33/h3-4,9,12-15,21H,2,5-8,10-11,16H2,1H3,(H,36,38,40). The summed E-state index contributed by atoms with van der Waals surface area (Å²) in [6.07, 6.45) is 1.55. The molecule has 44 heavy (non-hydrogen) atoms. The third-order valence-electron chi connectivity index (χ3n) is 8.15. The number of nitrogens with one attached hydrogen (secondary N) is 1. The van der Waals surface area contributed by atoms with Gasteiger partial charge in [0.2, 0.25) is 5.91 Å². The number of hydrogen-bond donors (Lipinski definition) is 1. The van der Waals surface area contributed by atoms with Gasteiger partial charge in [0, 0.05) is 42.2 Å². The highest BCUT2D eigenvalue weighted by molar-refractivity contribution is 7.91.